The predicted octanol–water partition coefficient (Wildman–Crippen LogP) is 0.520. The molecule has 0 spiro atoms. The lowest BCUT2D eigenvalue weighted by molar-refractivity contribution is -0.917. The van der Waals surface area contributed by atoms with Crippen LogP contribution in [0.1, 0.15) is 13.3 Å². The minimum atomic E-state index is -0.406. The minimum absolute atomic E-state index is 0.00363. The second kappa shape index (κ2) is 5.12. The first-order valence-corrected chi connectivity index (χ1v) is 4.57. The Morgan fingerprint density at radius 2 is 2.00 bits per heavy atom. The first kappa shape index (κ1) is 13.1. The fourth-order valence-electron chi connectivity index (χ4n) is 0.939. The summed E-state index contributed by atoms with van der Waals surface area (Å²) in [5.41, 5.74) is 0.376. The minimum Gasteiger partial charge on any atom is -0.409 e. The van der Waals surface area contributed by atoms with Crippen molar-refractivity contribution in [1.82, 2.24) is 0 Å². The summed E-state index contributed by atoms with van der Waals surface area (Å²) in [6.45, 7) is 5.12. The molecule has 0 bridgehead atoms. The van der Waals surface area contributed by atoms with E-state index in [-0.39, 0.29) is 12.8 Å². The van der Waals surface area contributed by atoms with Crippen LogP contribution in [0.3, 0.4) is 0 Å². The van der Waals surface area contributed by atoms with Gasteiger partial charge >= 0.3 is 5.97 Å². The Morgan fingerprint density at radius 3 is 2.29 bits per heavy atom. The van der Waals surface area contributed by atoms with E-state index in [4.69, 9.17) is 9.84 Å². The second-order valence-corrected chi connectivity index (χ2v) is 4.27. The zero-order valence-corrected chi connectivity index (χ0v) is 9.41. The van der Waals surface area contributed by atoms with Crippen LogP contribution in [0.2, 0.25) is 0 Å². The average Bonchev–Trinajstić information content (AvgIpc) is 2.01. The molecule has 0 amide bonds. The number of hydrogen-bond donors (Lipinski definition) is 1. The van der Waals surface area contributed by atoms with Gasteiger partial charge in [-0.15, -0.1) is 0 Å². The van der Waals surface area contributed by atoms with Crippen LogP contribution in [0.4, 0.5) is 0 Å². The van der Waals surface area contributed by atoms with Gasteiger partial charge in [0.15, 0.2) is 0 Å². The van der Waals surface area contributed by atoms with Crippen molar-refractivity contribution in [2.75, 3.05) is 27.7 Å². The fraction of sp³-hybridized carbons (Fsp3) is 0.700. The van der Waals surface area contributed by atoms with Crippen molar-refractivity contribution in [3.63, 3.8) is 0 Å². The molecule has 0 aromatic heterocycles. The first-order valence-electron chi connectivity index (χ1n) is 4.57. The summed E-state index contributed by atoms with van der Waals surface area (Å²) in [7, 11) is 5.73. The summed E-state index contributed by atoms with van der Waals surface area (Å²) >= 11 is 0. The highest BCUT2D eigenvalue weighted by Crippen LogP contribution is 2.10. The Balaban J connectivity index is 4.38. The second-order valence-electron chi connectivity index (χ2n) is 4.27. The number of nitrogens with zero attached hydrogens (tertiary/aromatic N) is 1. The quantitative estimate of drug-likeness (QED) is 0.306. The molecule has 4 heteroatoms. The molecule has 14 heavy (non-hydrogen) atoms. The summed E-state index contributed by atoms with van der Waals surface area (Å²) in [6, 6.07) is 0. The molecular formula is C10H20NO3+. The molecule has 1 unspecified atom stereocenters. The van der Waals surface area contributed by atoms with Gasteiger partial charge in [-0.3, -0.25) is 4.48 Å². The number of esters is 1. The van der Waals surface area contributed by atoms with Crippen LogP contribution in [0.15, 0.2) is 12.2 Å². The Bertz CT molecular complexity index is 218. The third kappa shape index (κ3) is 4.39. The molecule has 0 fully saturated rings. The van der Waals surface area contributed by atoms with Crippen molar-refractivity contribution in [3.8, 4) is 0 Å². The van der Waals surface area contributed by atoms with Crippen LogP contribution in [0.5, 0.6) is 0 Å². The lowest BCUT2D eigenvalue weighted by Crippen LogP contribution is -2.48. The maximum Gasteiger partial charge on any atom is 0.337 e. The molecule has 0 aromatic carbocycles. The molecule has 0 aliphatic heterocycles. The van der Waals surface area contributed by atoms with Crippen molar-refractivity contribution < 1.29 is 19.1 Å². The third-order valence-electron chi connectivity index (χ3n) is 1.83. The molecule has 4 nitrogen and oxygen atoms in total. The van der Waals surface area contributed by atoms with Crippen molar-refractivity contribution in [1.29, 1.82) is 0 Å². The fourth-order valence-corrected chi connectivity index (χ4v) is 0.939. The van der Waals surface area contributed by atoms with Crippen LogP contribution >= 0.6 is 0 Å². The number of carbonyl (C=O) groups is 1. The van der Waals surface area contributed by atoms with Gasteiger partial charge < -0.3 is 9.84 Å². The summed E-state index contributed by atoms with van der Waals surface area (Å²) in [6.07, 6.45) is 0.104. The lowest BCUT2D eigenvalue weighted by atomic mass is 10.3. The van der Waals surface area contributed by atoms with Gasteiger partial charge in [0.05, 0.1) is 34.2 Å². The van der Waals surface area contributed by atoms with Crippen LogP contribution in [-0.2, 0) is 9.53 Å². The van der Waals surface area contributed by atoms with E-state index in [0.29, 0.717) is 16.5 Å². The summed E-state index contributed by atoms with van der Waals surface area (Å²) in [4.78, 5) is 11.3. The van der Waals surface area contributed by atoms with E-state index in [2.05, 4.69) is 6.58 Å². The number of hydrogen-bond acceptors (Lipinski definition) is 3. The maximum absolute atomic E-state index is 11.3. The van der Waals surface area contributed by atoms with Crippen LogP contribution < -0.4 is 0 Å². The van der Waals surface area contributed by atoms with E-state index >= 15 is 0 Å². The molecule has 0 aromatic rings. The molecule has 0 saturated carbocycles. The van der Waals surface area contributed by atoms with Crippen molar-refractivity contribution >= 4 is 5.97 Å². The highest BCUT2D eigenvalue weighted by molar-refractivity contribution is 5.86. The summed E-state index contributed by atoms with van der Waals surface area (Å²) in [5, 5.41) is 8.83. The zero-order valence-electron chi connectivity index (χ0n) is 9.41. The van der Waals surface area contributed by atoms with Crippen molar-refractivity contribution in [2.45, 2.75) is 19.6 Å². The molecule has 0 radical (unpaired) electrons. The average molecular weight is 202 g/mol. The monoisotopic (exact) mass is 202 g/mol. The van der Waals surface area contributed by atoms with Gasteiger partial charge in [-0.25, -0.2) is 4.79 Å². The van der Waals surface area contributed by atoms with Crippen molar-refractivity contribution in [2.24, 2.45) is 0 Å². The molecule has 1 N–H and O–H groups in total. The molecule has 0 rings (SSSR count). The first-order chi connectivity index (χ1) is 6.29. The Labute approximate surface area is 85.4 Å². The topological polar surface area (TPSA) is 46.5 Å². The highest BCUT2D eigenvalue weighted by Gasteiger charge is 2.27. The molecule has 0 saturated heterocycles. The van der Waals surface area contributed by atoms with Gasteiger partial charge in [-0.05, 0) is 6.92 Å². The smallest absolute Gasteiger partial charge is 0.337 e. The van der Waals surface area contributed by atoms with E-state index in [1.165, 1.54) is 0 Å². The number of aliphatic hydroxyl groups is 1. The Morgan fingerprint density at radius 1 is 1.50 bits per heavy atom. The molecule has 0 aliphatic carbocycles. The molecular weight excluding hydrogens is 182 g/mol. The van der Waals surface area contributed by atoms with E-state index in [1.807, 2.05) is 21.1 Å². The van der Waals surface area contributed by atoms with Crippen molar-refractivity contribution in [3.05, 3.63) is 12.2 Å². The standard InChI is InChI=1S/C10H20NO3/c1-8(2)10(13)14-9(6-7-12)11(3,4)5/h9,12H,1,6-7H2,2-5H3/q+1. The number of aliphatic hydroxyl groups excluding tert-OH is 1. The van der Waals surface area contributed by atoms with Crippen LogP contribution in [0, 0.1) is 0 Å². The highest BCUT2D eigenvalue weighted by atomic mass is 16.6. The SMILES string of the molecule is C=C(C)C(=O)OC(CCO)[N+](C)(C)C. The van der Waals surface area contributed by atoms with Crippen LogP contribution in [-0.4, -0.2) is 49.5 Å². The zero-order chi connectivity index (χ0) is 11.4. The number of rotatable bonds is 5. The Hall–Kier alpha value is -0.870. The van der Waals surface area contributed by atoms with Gasteiger partial charge in [0.1, 0.15) is 0 Å². The predicted molar refractivity (Wildman–Crippen MR) is 54.4 cm³/mol. The van der Waals surface area contributed by atoms with E-state index in [0.717, 1.165) is 0 Å². The van der Waals surface area contributed by atoms with E-state index in [9.17, 15) is 4.79 Å². The Kier molecular flexibility index (Phi) is 4.80. The van der Waals surface area contributed by atoms with Gasteiger partial charge in [0.25, 0.3) is 0 Å². The van der Waals surface area contributed by atoms with E-state index in [1.54, 1.807) is 6.92 Å². The molecule has 0 aliphatic rings. The van der Waals surface area contributed by atoms with Crippen LogP contribution in [0.25, 0.3) is 0 Å². The molecule has 82 valence electrons. The maximum atomic E-state index is 11.3. The van der Waals surface area contributed by atoms with E-state index < -0.39 is 5.97 Å². The number of carbonyl (C=O) groups excluding carboxylic acids is 1. The third-order valence-corrected chi connectivity index (χ3v) is 1.83. The number of quaternary nitrogens is 1. The van der Waals surface area contributed by atoms with Gasteiger partial charge in [-0.1, -0.05) is 6.58 Å². The normalized spacial score (nSPS) is 13.5. The summed E-state index contributed by atoms with van der Waals surface area (Å²) < 4.78 is 5.66. The molecule has 1 atom stereocenters. The van der Waals surface area contributed by atoms with Gasteiger partial charge in [-0.2, -0.15) is 0 Å². The van der Waals surface area contributed by atoms with Gasteiger partial charge in [0, 0.05) is 5.57 Å². The molecule has 0 heterocycles. The number of ether oxygens (including phenoxy) is 1. The largest absolute Gasteiger partial charge is 0.409 e. The summed E-state index contributed by atoms with van der Waals surface area (Å²) in [5.74, 6) is -0.406. The lowest BCUT2D eigenvalue weighted by Gasteiger charge is -2.32. The van der Waals surface area contributed by atoms with Gasteiger partial charge in [0.2, 0.25) is 6.23 Å².